The average Bonchev–Trinajstić information content (AvgIpc) is 2.75. The first-order chi connectivity index (χ1) is 13.7. The summed E-state index contributed by atoms with van der Waals surface area (Å²) in [7, 11) is 3.29. The molecule has 2 amide bonds. The normalized spacial score (nSPS) is 18.7. The van der Waals surface area contributed by atoms with Gasteiger partial charge in [-0.25, -0.2) is 4.79 Å². The minimum absolute atomic E-state index is 0.0408. The van der Waals surface area contributed by atoms with Crippen LogP contribution in [0.1, 0.15) is 5.56 Å². The monoisotopic (exact) mass is 392 g/mol. The van der Waals surface area contributed by atoms with Crippen LogP contribution in [0.2, 0.25) is 0 Å². The molecule has 0 bridgehead atoms. The van der Waals surface area contributed by atoms with Gasteiger partial charge in [0, 0.05) is 58.9 Å². The molecule has 0 radical (unpaired) electrons. The zero-order valence-electron chi connectivity index (χ0n) is 17.0. The lowest BCUT2D eigenvalue weighted by Gasteiger charge is -2.35. The van der Waals surface area contributed by atoms with Crippen LogP contribution in [-0.2, 0) is 11.3 Å². The third kappa shape index (κ3) is 5.73. The van der Waals surface area contributed by atoms with E-state index in [-0.39, 0.29) is 6.03 Å². The van der Waals surface area contributed by atoms with Crippen molar-refractivity contribution in [3.05, 3.63) is 23.8 Å². The fraction of sp³-hybridized carbons (Fsp3) is 0.650. The topological polar surface area (TPSA) is 66.5 Å². The van der Waals surface area contributed by atoms with Gasteiger partial charge in [-0.2, -0.15) is 0 Å². The van der Waals surface area contributed by atoms with Crippen LogP contribution in [0.5, 0.6) is 11.5 Å². The van der Waals surface area contributed by atoms with Gasteiger partial charge < -0.3 is 24.4 Å². The maximum absolute atomic E-state index is 12.4. The number of ether oxygens (including phenoxy) is 3. The molecule has 8 nitrogen and oxygen atoms in total. The Kier molecular flexibility index (Phi) is 7.76. The highest BCUT2D eigenvalue weighted by Gasteiger charge is 2.21. The predicted octanol–water partition coefficient (Wildman–Crippen LogP) is 0.863. The summed E-state index contributed by atoms with van der Waals surface area (Å²) in [6.45, 7) is 9.11. The highest BCUT2D eigenvalue weighted by molar-refractivity contribution is 5.74. The smallest absolute Gasteiger partial charge is 0.317 e. The number of methoxy groups -OCH3 is 2. The molecular weight excluding hydrogens is 360 g/mol. The van der Waals surface area contributed by atoms with E-state index in [0.29, 0.717) is 6.54 Å². The third-order valence-electron chi connectivity index (χ3n) is 5.32. The van der Waals surface area contributed by atoms with E-state index in [0.717, 1.165) is 77.1 Å². The molecule has 3 rings (SSSR count). The molecule has 8 heteroatoms. The first-order valence-corrected chi connectivity index (χ1v) is 9.95. The number of piperazine rings is 1. The van der Waals surface area contributed by atoms with E-state index >= 15 is 0 Å². The quantitative estimate of drug-likeness (QED) is 0.743. The van der Waals surface area contributed by atoms with Crippen molar-refractivity contribution in [2.75, 3.05) is 79.8 Å². The van der Waals surface area contributed by atoms with Gasteiger partial charge in [-0.3, -0.25) is 9.80 Å². The Hall–Kier alpha value is -2.03. The second-order valence-electron chi connectivity index (χ2n) is 7.14. The Morgan fingerprint density at radius 1 is 1.00 bits per heavy atom. The van der Waals surface area contributed by atoms with Gasteiger partial charge in [0.1, 0.15) is 0 Å². The molecule has 1 aromatic carbocycles. The summed E-state index contributed by atoms with van der Waals surface area (Å²) in [6.07, 6.45) is 0. The Morgan fingerprint density at radius 3 is 2.39 bits per heavy atom. The standard InChI is InChI=1S/C20H32N4O4/c1-26-18-4-3-17(15-19(18)27-2)16-23-7-9-24(10-8-23)20(25)21-5-6-22-11-13-28-14-12-22/h3-4,15H,5-14,16H2,1-2H3,(H,21,25). The number of carbonyl (C=O) groups excluding carboxylic acids is 1. The molecule has 1 aromatic rings. The number of hydrogen-bond donors (Lipinski definition) is 1. The SMILES string of the molecule is COc1ccc(CN2CCN(C(=O)NCCN3CCOCC3)CC2)cc1OC. The number of rotatable bonds is 7. The Labute approximate surface area is 167 Å². The van der Waals surface area contributed by atoms with Crippen molar-refractivity contribution in [3.63, 3.8) is 0 Å². The molecule has 2 aliphatic rings. The number of morpholine rings is 1. The molecule has 0 atom stereocenters. The van der Waals surface area contributed by atoms with Gasteiger partial charge in [0.15, 0.2) is 11.5 Å². The number of nitrogens with one attached hydrogen (secondary N) is 1. The van der Waals surface area contributed by atoms with Crippen LogP contribution < -0.4 is 14.8 Å². The summed E-state index contributed by atoms with van der Waals surface area (Å²) in [4.78, 5) is 19.0. The van der Waals surface area contributed by atoms with Crippen LogP contribution in [0.15, 0.2) is 18.2 Å². The Balaban J connectivity index is 1.38. The number of nitrogens with zero attached hydrogens (tertiary/aromatic N) is 3. The maximum Gasteiger partial charge on any atom is 0.317 e. The fourth-order valence-electron chi connectivity index (χ4n) is 3.60. The maximum atomic E-state index is 12.4. The van der Waals surface area contributed by atoms with Gasteiger partial charge in [0.25, 0.3) is 0 Å². The molecule has 28 heavy (non-hydrogen) atoms. The highest BCUT2D eigenvalue weighted by atomic mass is 16.5. The summed E-state index contributed by atoms with van der Waals surface area (Å²) in [5.74, 6) is 1.49. The number of carbonyl (C=O) groups is 1. The van der Waals surface area contributed by atoms with E-state index < -0.39 is 0 Å². The Morgan fingerprint density at radius 2 is 1.71 bits per heavy atom. The number of benzene rings is 1. The number of hydrogen-bond acceptors (Lipinski definition) is 6. The van der Waals surface area contributed by atoms with E-state index in [2.05, 4.69) is 21.2 Å². The molecule has 0 saturated carbocycles. The molecule has 0 aromatic heterocycles. The molecular formula is C20H32N4O4. The van der Waals surface area contributed by atoms with Crippen LogP contribution >= 0.6 is 0 Å². The zero-order chi connectivity index (χ0) is 19.8. The van der Waals surface area contributed by atoms with Gasteiger partial charge in [-0.15, -0.1) is 0 Å². The molecule has 1 N–H and O–H groups in total. The average molecular weight is 393 g/mol. The van der Waals surface area contributed by atoms with Crippen LogP contribution in [0.4, 0.5) is 4.79 Å². The van der Waals surface area contributed by atoms with Crippen LogP contribution in [0.3, 0.4) is 0 Å². The van der Waals surface area contributed by atoms with Gasteiger partial charge in [0.2, 0.25) is 0 Å². The fourth-order valence-corrected chi connectivity index (χ4v) is 3.60. The van der Waals surface area contributed by atoms with Crippen molar-refractivity contribution in [2.45, 2.75) is 6.54 Å². The van der Waals surface area contributed by atoms with Gasteiger partial charge in [-0.1, -0.05) is 6.07 Å². The predicted molar refractivity (Wildman–Crippen MR) is 107 cm³/mol. The van der Waals surface area contributed by atoms with Crippen molar-refractivity contribution in [3.8, 4) is 11.5 Å². The molecule has 2 aliphatic heterocycles. The summed E-state index contributed by atoms with van der Waals surface area (Å²) in [5.41, 5.74) is 1.18. The summed E-state index contributed by atoms with van der Waals surface area (Å²) in [5, 5.41) is 3.05. The first kappa shape index (κ1) is 20.7. The Bertz CT molecular complexity index is 629. The molecule has 2 fully saturated rings. The molecule has 2 heterocycles. The van der Waals surface area contributed by atoms with E-state index in [9.17, 15) is 4.79 Å². The molecule has 156 valence electrons. The largest absolute Gasteiger partial charge is 0.493 e. The second kappa shape index (κ2) is 10.5. The summed E-state index contributed by atoms with van der Waals surface area (Å²) < 4.78 is 16.0. The minimum Gasteiger partial charge on any atom is -0.493 e. The van der Waals surface area contributed by atoms with Gasteiger partial charge in [-0.05, 0) is 17.7 Å². The third-order valence-corrected chi connectivity index (χ3v) is 5.32. The zero-order valence-corrected chi connectivity index (χ0v) is 17.0. The van der Waals surface area contributed by atoms with Crippen molar-refractivity contribution in [1.82, 2.24) is 20.0 Å². The van der Waals surface area contributed by atoms with Crippen molar-refractivity contribution < 1.29 is 19.0 Å². The van der Waals surface area contributed by atoms with Crippen molar-refractivity contribution in [1.29, 1.82) is 0 Å². The van der Waals surface area contributed by atoms with Crippen molar-refractivity contribution in [2.24, 2.45) is 0 Å². The molecule has 0 unspecified atom stereocenters. The lowest BCUT2D eigenvalue weighted by molar-refractivity contribution is 0.0385. The van der Waals surface area contributed by atoms with E-state index in [1.165, 1.54) is 5.56 Å². The van der Waals surface area contributed by atoms with Gasteiger partial charge >= 0.3 is 6.03 Å². The number of amides is 2. The minimum atomic E-state index is 0.0408. The van der Waals surface area contributed by atoms with Crippen LogP contribution in [-0.4, -0.2) is 101 Å². The lowest BCUT2D eigenvalue weighted by atomic mass is 10.1. The summed E-state index contributed by atoms with van der Waals surface area (Å²) in [6, 6.07) is 6.06. The molecule has 0 spiro atoms. The van der Waals surface area contributed by atoms with Crippen LogP contribution in [0.25, 0.3) is 0 Å². The molecule has 0 aliphatic carbocycles. The number of urea groups is 1. The first-order valence-electron chi connectivity index (χ1n) is 9.95. The van der Waals surface area contributed by atoms with E-state index in [1.54, 1.807) is 14.2 Å². The van der Waals surface area contributed by atoms with Crippen LogP contribution in [0, 0.1) is 0 Å². The van der Waals surface area contributed by atoms with E-state index in [1.807, 2.05) is 17.0 Å². The van der Waals surface area contributed by atoms with E-state index in [4.69, 9.17) is 14.2 Å². The molecule has 2 saturated heterocycles. The highest BCUT2D eigenvalue weighted by Crippen LogP contribution is 2.28. The van der Waals surface area contributed by atoms with Crippen molar-refractivity contribution >= 4 is 6.03 Å². The van der Waals surface area contributed by atoms with Gasteiger partial charge in [0.05, 0.1) is 27.4 Å². The lowest BCUT2D eigenvalue weighted by Crippen LogP contribution is -2.52. The second-order valence-corrected chi connectivity index (χ2v) is 7.14. The summed E-state index contributed by atoms with van der Waals surface area (Å²) >= 11 is 0.